The molecular formula is C22H26FN5O3S. The Morgan fingerprint density at radius 2 is 1.91 bits per heavy atom. The summed E-state index contributed by atoms with van der Waals surface area (Å²) in [5, 5.41) is 0.473. The monoisotopic (exact) mass is 459 g/mol. The quantitative estimate of drug-likeness (QED) is 0.545. The Labute approximate surface area is 188 Å². The smallest absolute Gasteiger partial charge is 0.332 e. The average molecular weight is 460 g/mol. The van der Waals surface area contributed by atoms with Crippen molar-refractivity contribution >= 4 is 28.8 Å². The number of fused-ring (bicyclic) bond motifs is 1. The molecule has 32 heavy (non-hydrogen) atoms. The van der Waals surface area contributed by atoms with Crippen LogP contribution >= 0.6 is 11.8 Å². The second-order valence-corrected chi connectivity index (χ2v) is 9.30. The Kier molecular flexibility index (Phi) is 6.23. The van der Waals surface area contributed by atoms with Gasteiger partial charge < -0.3 is 9.47 Å². The van der Waals surface area contributed by atoms with Crippen molar-refractivity contribution in [2.75, 3.05) is 18.8 Å². The van der Waals surface area contributed by atoms with Crippen molar-refractivity contribution in [2.45, 2.75) is 31.5 Å². The Balaban J connectivity index is 1.72. The summed E-state index contributed by atoms with van der Waals surface area (Å²) in [7, 11) is 2.99. The lowest BCUT2D eigenvalue weighted by molar-refractivity contribution is -0.130. The van der Waals surface area contributed by atoms with Crippen LogP contribution in [0.25, 0.3) is 11.2 Å². The maximum atomic E-state index is 13.4. The van der Waals surface area contributed by atoms with Gasteiger partial charge in [0, 0.05) is 27.2 Å². The van der Waals surface area contributed by atoms with Gasteiger partial charge in [0.15, 0.2) is 16.3 Å². The van der Waals surface area contributed by atoms with Crippen LogP contribution in [0.15, 0.2) is 39.0 Å². The zero-order chi connectivity index (χ0) is 23.0. The first-order valence-corrected chi connectivity index (χ1v) is 11.6. The van der Waals surface area contributed by atoms with Crippen LogP contribution in [-0.2, 0) is 25.4 Å². The summed E-state index contributed by atoms with van der Waals surface area (Å²) in [6.45, 7) is 3.91. The molecule has 3 heterocycles. The molecule has 0 radical (unpaired) electrons. The van der Waals surface area contributed by atoms with Gasteiger partial charge in [-0.3, -0.25) is 18.7 Å². The largest absolute Gasteiger partial charge is 0.342 e. The lowest BCUT2D eigenvalue weighted by atomic mass is 10.0. The highest BCUT2D eigenvalue weighted by atomic mass is 32.2. The molecule has 2 aromatic heterocycles. The van der Waals surface area contributed by atoms with E-state index in [1.807, 2.05) is 4.90 Å². The van der Waals surface area contributed by atoms with Gasteiger partial charge in [0.25, 0.3) is 5.56 Å². The van der Waals surface area contributed by atoms with Crippen LogP contribution in [0.3, 0.4) is 0 Å². The van der Waals surface area contributed by atoms with Crippen molar-refractivity contribution in [1.29, 1.82) is 0 Å². The van der Waals surface area contributed by atoms with Gasteiger partial charge >= 0.3 is 5.69 Å². The molecule has 1 aliphatic heterocycles. The van der Waals surface area contributed by atoms with Crippen molar-refractivity contribution in [3.63, 3.8) is 0 Å². The number of aryl methyl sites for hydroxylation is 1. The predicted octanol–water partition coefficient (Wildman–Crippen LogP) is 1.97. The van der Waals surface area contributed by atoms with Crippen molar-refractivity contribution in [3.05, 3.63) is 56.5 Å². The van der Waals surface area contributed by atoms with Crippen molar-refractivity contribution < 1.29 is 9.18 Å². The molecule has 0 saturated carbocycles. The molecule has 1 atom stereocenters. The molecule has 1 saturated heterocycles. The lowest BCUT2D eigenvalue weighted by Crippen LogP contribution is -2.40. The molecule has 0 aliphatic carbocycles. The van der Waals surface area contributed by atoms with Crippen LogP contribution < -0.4 is 11.2 Å². The van der Waals surface area contributed by atoms with E-state index in [1.165, 1.54) is 35.5 Å². The van der Waals surface area contributed by atoms with Crippen molar-refractivity contribution in [2.24, 2.45) is 20.0 Å². The number of hydrogen-bond donors (Lipinski definition) is 0. The van der Waals surface area contributed by atoms with E-state index in [4.69, 9.17) is 0 Å². The molecule has 0 N–H and O–H groups in total. The van der Waals surface area contributed by atoms with Gasteiger partial charge in [0.05, 0.1) is 12.3 Å². The van der Waals surface area contributed by atoms with E-state index in [0.717, 1.165) is 36.1 Å². The Morgan fingerprint density at radius 1 is 1.19 bits per heavy atom. The van der Waals surface area contributed by atoms with Gasteiger partial charge in [0.1, 0.15) is 5.82 Å². The average Bonchev–Trinajstić information content (AvgIpc) is 3.14. The van der Waals surface area contributed by atoms with E-state index in [9.17, 15) is 18.8 Å². The van der Waals surface area contributed by atoms with Crippen LogP contribution in [0.5, 0.6) is 0 Å². The SMILES string of the molecule is CC1CCCN(C(=O)CSc2nc3c(c(=O)n(C)c(=O)n3C)n2Cc2ccc(F)cc2)C1. The van der Waals surface area contributed by atoms with E-state index in [2.05, 4.69) is 11.9 Å². The van der Waals surface area contributed by atoms with Crippen LogP contribution in [0.2, 0.25) is 0 Å². The standard InChI is InChI=1S/C22H26FN5O3S/c1-14-5-4-10-27(11-14)17(29)13-32-21-24-19-18(20(30)26(3)22(31)25(19)2)28(21)12-15-6-8-16(23)9-7-15/h6-9,14H,4-5,10-13H2,1-3H3. The number of aromatic nitrogens is 4. The number of amides is 1. The molecular weight excluding hydrogens is 433 g/mol. The molecule has 0 spiro atoms. The first-order chi connectivity index (χ1) is 15.3. The first kappa shape index (κ1) is 22.3. The normalized spacial score (nSPS) is 16.6. The summed E-state index contributed by atoms with van der Waals surface area (Å²) in [6.07, 6.45) is 2.13. The van der Waals surface area contributed by atoms with Crippen LogP contribution in [0.4, 0.5) is 4.39 Å². The second-order valence-electron chi connectivity index (χ2n) is 8.36. The van der Waals surface area contributed by atoms with Gasteiger partial charge in [-0.1, -0.05) is 30.8 Å². The molecule has 1 unspecified atom stereocenters. The number of benzene rings is 1. The molecule has 1 amide bonds. The molecule has 1 aromatic carbocycles. The molecule has 10 heteroatoms. The zero-order valence-corrected chi connectivity index (χ0v) is 19.2. The number of nitrogens with zero attached hydrogens (tertiary/aromatic N) is 5. The summed E-state index contributed by atoms with van der Waals surface area (Å²) in [4.78, 5) is 44.6. The fourth-order valence-corrected chi connectivity index (χ4v) is 4.99. The van der Waals surface area contributed by atoms with Crippen LogP contribution in [0.1, 0.15) is 25.3 Å². The van der Waals surface area contributed by atoms with Gasteiger partial charge in [-0.25, -0.2) is 14.2 Å². The molecule has 170 valence electrons. The third-order valence-corrected chi connectivity index (χ3v) is 6.86. The van der Waals surface area contributed by atoms with Crippen molar-refractivity contribution in [1.82, 2.24) is 23.6 Å². The zero-order valence-electron chi connectivity index (χ0n) is 18.4. The Morgan fingerprint density at radius 3 is 2.59 bits per heavy atom. The third kappa shape index (κ3) is 4.23. The van der Waals surface area contributed by atoms with E-state index in [1.54, 1.807) is 23.7 Å². The van der Waals surface area contributed by atoms with E-state index >= 15 is 0 Å². The first-order valence-electron chi connectivity index (χ1n) is 10.6. The maximum absolute atomic E-state index is 13.4. The lowest BCUT2D eigenvalue weighted by Gasteiger charge is -2.30. The fraction of sp³-hybridized carbons (Fsp3) is 0.455. The maximum Gasteiger partial charge on any atom is 0.332 e. The number of carbonyl (C=O) groups excluding carboxylic acids is 1. The number of likely N-dealkylation sites (tertiary alicyclic amines) is 1. The fourth-order valence-electron chi connectivity index (χ4n) is 4.09. The third-order valence-electron chi connectivity index (χ3n) is 5.90. The summed E-state index contributed by atoms with van der Waals surface area (Å²) in [5.41, 5.74) is 0.395. The van der Waals surface area contributed by atoms with E-state index < -0.39 is 11.2 Å². The van der Waals surface area contributed by atoms with Gasteiger partial charge in [-0.15, -0.1) is 0 Å². The number of halogens is 1. The summed E-state index contributed by atoms with van der Waals surface area (Å²) >= 11 is 1.25. The highest BCUT2D eigenvalue weighted by molar-refractivity contribution is 7.99. The molecule has 8 nitrogen and oxygen atoms in total. The number of piperidine rings is 1. The number of imidazole rings is 1. The Hall–Kier alpha value is -2.88. The molecule has 0 bridgehead atoms. The summed E-state index contributed by atoms with van der Waals surface area (Å²) in [6, 6.07) is 6.00. The Bertz CT molecular complexity index is 1280. The predicted molar refractivity (Wildman–Crippen MR) is 121 cm³/mol. The van der Waals surface area contributed by atoms with Crippen molar-refractivity contribution in [3.8, 4) is 0 Å². The van der Waals surface area contributed by atoms with E-state index in [-0.39, 0.29) is 35.2 Å². The van der Waals surface area contributed by atoms with Crippen LogP contribution in [0, 0.1) is 11.7 Å². The number of carbonyl (C=O) groups is 1. The van der Waals surface area contributed by atoms with Gasteiger partial charge in [-0.05, 0) is 36.5 Å². The molecule has 1 aliphatic rings. The molecule has 1 fully saturated rings. The molecule has 3 aromatic rings. The minimum Gasteiger partial charge on any atom is -0.342 e. The molecule has 4 rings (SSSR count). The topological polar surface area (TPSA) is 82.1 Å². The number of thioether (sulfide) groups is 1. The van der Waals surface area contributed by atoms with Crippen LogP contribution in [-0.4, -0.2) is 48.3 Å². The number of hydrogen-bond acceptors (Lipinski definition) is 5. The number of rotatable bonds is 5. The van der Waals surface area contributed by atoms with Gasteiger partial charge in [0.2, 0.25) is 5.91 Å². The minimum atomic E-state index is -0.469. The van der Waals surface area contributed by atoms with E-state index in [0.29, 0.717) is 11.1 Å². The summed E-state index contributed by atoms with van der Waals surface area (Å²) in [5.74, 6) is 0.355. The highest BCUT2D eigenvalue weighted by Crippen LogP contribution is 2.24. The minimum absolute atomic E-state index is 0.0312. The summed E-state index contributed by atoms with van der Waals surface area (Å²) < 4.78 is 17.4. The second kappa shape index (κ2) is 8.93. The highest BCUT2D eigenvalue weighted by Gasteiger charge is 2.24. The van der Waals surface area contributed by atoms with Gasteiger partial charge in [-0.2, -0.15) is 0 Å².